The van der Waals surface area contributed by atoms with Crippen molar-refractivity contribution in [3.63, 3.8) is 0 Å². The highest BCUT2D eigenvalue weighted by molar-refractivity contribution is 8.00. The SMILES string of the molecule is CCC(CC)(CNc1nccc(C)c1[N+](=O)[O-])SC. The van der Waals surface area contributed by atoms with Crippen molar-refractivity contribution in [1.82, 2.24) is 4.98 Å². The lowest BCUT2D eigenvalue weighted by atomic mass is 10.0. The maximum Gasteiger partial charge on any atom is 0.314 e. The van der Waals surface area contributed by atoms with Gasteiger partial charge in [-0.25, -0.2) is 4.98 Å². The molecule has 0 saturated carbocycles. The van der Waals surface area contributed by atoms with Crippen molar-refractivity contribution in [2.75, 3.05) is 18.1 Å². The Hall–Kier alpha value is -1.30. The molecule has 0 aliphatic carbocycles. The van der Waals surface area contributed by atoms with Gasteiger partial charge in [-0.3, -0.25) is 10.1 Å². The monoisotopic (exact) mass is 283 g/mol. The summed E-state index contributed by atoms with van der Waals surface area (Å²) in [6, 6.07) is 1.66. The lowest BCUT2D eigenvalue weighted by Crippen LogP contribution is -2.32. The van der Waals surface area contributed by atoms with Crippen molar-refractivity contribution < 1.29 is 4.92 Å². The lowest BCUT2D eigenvalue weighted by Gasteiger charge is -2.29. The largest absolute Gasteiger partial charge is 0.363 e. The van der Waals surface area contributed by atoms with Crippen molar-refractivity contribution in [2.24, 2.45) is 0 Å². The Labute approximate surface area is 118 Å². The van der Waals surface area contributed by atoms with Crippen LogP contribution >= 0.6 is 11.8 Å². The highest BCUT2D eigenvalue weighted by Crippen LogP contribution is 2.32. The third-order valence-electron chi connectivity index (χ3n) is 3.61. The van der Waals surface area contributed by atoms with Gasteiger partial charge in [0.15, 0.2) is 0 Å². The number of aryl methyl sites for hydroxylation is 1. The minimum absolute atomic E-state index is 0.0738. The van der Waals surface area contributed by atoms with E-state index in [1.807, 2.05) is 0 Å². The Morgan fingerprint density at radius 1 is 1.47 bits per heavy atom. The fourth-order valence-electron chi connectivity index (χ4n) is 2.02. The first-order chi connectivity index (χ1) is 8.99. The van der Waals surface area contributed by atoms with Crippen LogP contribution in [0.4, 0.5) is 11.5 Å². The van der Waals surface area contributed by atoms with E-state index in [1.54, 1.807) is 30.9 Å². The molecule has 0 aromatic carbocycles. The number of hydrogen-bond acceptors (Lipinski definition) is 5. The maximum atomic E-state index is 11.1. The molecule has 0 aliphatic heterocycles. The smallest absolute Gasteiger partial charge is 0.314 e. The summed E-state index contributed by atoms with van der Waals surface area (Å²) < 4.78 is 0.0965. The van der Waals surface area contributed by atoms with E-state index >= 15 is 0 Å². The molecule has 0 bridgehead atoms. The second-order valence-electron chi connectivity index (χ2n) is 4.53. The number of thioether (sulfide) groups is 1. The molecule has 1 N–H and O–H groups in total. The van der Waals surface area contributed by atoms with Crippen molar-refractivity contribution in [3.05, 3.63) is 27.9 Å². The van der Waals surface area contributed by atoms with Crippen LogP contribution in [-0.4, -0.2) is 27.5 Å². The van der Waals surface area contributed by atoms with Crippen LogP contribution in [-0.2, 0) is 0 Å². The third-order valence-corrected chi connectivity index (χ3v) is 5.20. The number of aromatic nitrogens is 1. The van der Waals surface area contributed by atoms with E-state index in [0.717, 1.165) is 12.8 Å². The highest BCUT2D eigenvalue weighted by Gasteiger charge is 2.26. The molecule has 0 atom stereocenters. The zero-order valence-corrected chi connectivity index (χ0v) is 12.7. The van der Waals surface area contributed by atoms with Gasteiger partial charge in [-0.2, -0.15) is 11.8 Å². The normalized spacial score (nSPS) is 11.4. The molecule has 0 unspecified atom stereocenters. The number of nitro groups is 1. The van der Waals surface area contributed by atoms with E-state index < -0.39 is 0 Å². The van der Waals surface area contributed by atoms with Gasteiger partial charge in [-0.15, -0.1) is 0 Å². The molecule has 0 radical (unpaired) electrons. The molecule has 6 heteroatoms. The van der Waals surface area contributed by atoms with E-state index in [1.165, 1.54) is 0 Å². The van der Waals surface area contributed by atoms with Gasteiger partial charge in [0.25, 0.3) is 0 Å². The van der Waals surface area contributed by atoms with Gasteiger partial charge >= 0.3 is 5.69 Å². The summed E-state index contributed by atoms with van der Waals surface area (Å²) in [5, 5.41) is 14.3. The summed E-state index contributed by atoms with van der Waals surface area (Å²) in [6.07, 6.45) is 5.70. The van der Waals surface area contributed by atoms with Gasteiger partial charge in [0.1, 0.15) is 0 Å². The van der Waals surface area contributed by atoms with E-state index in [0.29, 0.717) is 17.9 Å². The fourth-order valence-corrected chi connectivity index (χ4v) is 2.81. The van der Waals surface area contributed by atoms with Crippen LogP contribution in [0, 0.1) is 17.0 Å². The van der Waals surface area contributed by atoms with Gasteiger partial charge in [-0.1, -0.05) is 13.8 Å². The molecule has 19 heavy (non-hydrogen) atoms. The van der Waals surface area contributed by atoms with Crippen molar-refractivity contribution >= 4 is 23.3 Å². The number of anilines is 1. The minimum Gasteiger partial charge on any atom is -0.363 e. The number of rotatable bonds is 7. The minimum atomic E-state index is -0.372. The summed E-state index contributed by atoms with van der Waals surface area (Å²) in [5.74, 6) is 0.366. The molecule has 0 fully saturated rings. The van der Waals surface area contributed by atoms with Crippen molar-refractivity contribution in [1.29, 1.82) is 0 Å². The van der Waals surface area contributed by atoms with Crippen molar-refractivity contribution in [2.45, 2.75) is 38.4 Å². The zero-order valence-electron chi connectivity index (χ0n) is 11.9. The van der Waals surface area contributed by atoms with Gasteiger partial charge in [0, 0.05) is 23.1 Å². The molecule has 106 valence electrons. The molecular formula is C13H21N3O2S. The Bertz CT molecular complexity index is 439. The van der Waals surface area contributed by atoms with Crippen LogP contribution in [0.3, 0.4) is 0 Å². The van der Waals surface area contributed by atoms with Gasteiger partial charge < -0.3 is 5.32 Å². The molecule has 0 aliphatic rings. The zero-order chi connectivity index (χ0) is 14.5. The van der Waals surface area contributed by atoms with Crippen LogP contribution in [0.5, 0.6) is 0 Å². The molecule has 5 nitrogen and oxygen atoms in total. The highest BCUT2D eigenvalue weighted by atomic mass is 32.2. The third kappa shape index (κ3) is 3.59. The molecule has 1 heterocycles. The fraction of sp³-hybridized carbons (Fsp3) is 0.615. The molecule has 0 spiro atoms. The molecular weight excluding hydrogens is 262 g/mol. The Morgan fingerprint density at radius 3 is 2.58 bits per heavy atom. The van der Waals surface area contributed by atoms with E-state index in [2.05, 4.69) is 30.4 Å². The van der Waals surface area contributed by atoms with Crippen molar-refractivity contribution in [3.8, 4) is 0 Å². The average molecular weight is 283 g/mol. The summed E-state index contributed by atoms with van der Waals surface area (Å²) >= 11 is 1.79. The number of pyridine rings is 1. The summed E-state index contributed by atoms with van der Waals surface area (Å²) in [5.41, 5.74) is 0.704. The molecule has 0 saturated heterocycles. The first-order valence-corrected chi connectivity index (χ1v) is 7.61. The summed E-state index contributed by atoms with van der Waals surface area (Å²) in [4.78, 5) is 14.8. The number of nitrogens with one attached hydrogen (secondary N) is 1. The average Bonchev–Trinajstić information content (AvgIpc) is 2.40. The van der Waals surface area contributed by atoms with Gasteiger partial charge in [-0.05, 0) is 32.1 Å². The number of hydrogen-bond donors (Lipinski definition) is 1. The van der Waals surface area contributed by atoms with Crippen LogP contribution < -0.4 is 5.32 Å². The first-order valence-electron chi connectivity index (χ1n) is 6.38. The van der Waals surface area contributed by atoms with E-state index in [-0.39, 0.29) is 15.4 Å². The van der Waals surface area contributed by atoms with E-state index in [9.17, 15) is 10.1 Å². The molecule has 1 rings (SSSR count). The Balaban J connectivity index is 2.95. The molecule has 0 amide bonds. The Morgan fingerprint density at radius 2 is 2.11 bits per heavy atom. The maximum absolute atomic E-state index is 11.1. The van der Waals surface area contributed by atoms with Gasteiger partial charge in [0.05, 0.1) is 4.92 Å². The Kier molecular flexibility index (Phi) is 5.60. The van der Waals surface area contributed by atoms with Crippen LogP contribution in [0.25, 0.3) is 0 Å². The molecule has 1 aromatic rings. The second-order valence-corrected chi connectivity index (χ2v) is 5.80. The molecule has 1 aromatic heterocycles. The summed E-state index contributed by atoms with van der Waals surface area (Å²) in [6.45, 7) is 6.68. The first kappa shape index (κ1) is 15.8. The van der Waals surface area contributed by atoms with Gasteiger partial charge in [0.2, 0.25) is 5.82 Å². The van der Waals surface area contributed by atoms with E-state index in [4.69, 9.17) is 0 Å². The number of nitrogens with zero attached hydrogens (tertiary/aromatic N) is 2. The predicted octanol–water partition coefficient (Wildman–Crippen LogP) is 3.63. The lowest BCUT2D eigenvalue weighted by molar-refractivity contribution is -0.384. The quantitative estimate of drug-likeness (QED) is 0.611. The summed E-state index contributed by atoms with van der Waals surface area (Å²) in [7, 11) is 0. The van der Waals surface area contributed by atoms with Crippen LogP contribution in [0.2, 0.25) is 0 Å². The predicted molar refractivity (Wildman–Crippen MR) is 80.9 cm³/mol. The second kappa shape index (κ2) is 6.75. The topological polar surface area (TPSA) is 68.1 Å². The standard InChI is InChI=1S/C13H21N3O2S/c1-5-13(6-2,19-4)9-15-12-11(16(17)18)10(3)7-8-14-12/h7-8H,5-6,9H2,1-4H3,(H,14,15). The van der Waals surface area contributed by atoms with Crippen LogP contribution in [0.1, 0.15) is 32.3 Å². The van der Waals surface area contributed by atoms with Crippen LogP contribution in [0.15, 0.2) is 12.3 Å².